The first-order valence-electron chi connectivity index (χ1n) is 14.2. The number of nitrogens with one attached hydrogen (secondary N) is 2. The van der Waals surface area contributed by atoms with E-state index in [9.17, 15) is 13.2 Å². The fourth-order valence-electron chi connectivity index (χ4n) is 6.10. The summed E-state index contributed by atoms with van der Waals surface area (Å²) in [4.78, 5) is 18.9. The van der Waals surface area contributed by atoms with Crippen LogP contribution >= 0.6 is 0 Å². The Hall–Kier alpha value is -4.08. The second-order valence-corrected chi connectivity index (χ2v) is 12.8. The zero-order valence-electron chi connectivity index (χ0n) is 22.7. The number of carbonyl (C=O) groups excluding carboxylic acids is 1. The van der Waals surface area contributed by atoms with Crippen molar-refractivity contribution in [1.29, 1.82) is 0 Å². The number of likely N-dealkylation sites (tertiary alicyclic amines) is 1. The number of aromatic amines is 1. The SMILES string of the molecule is O=C1Nc2ccc(S(=O)(=O)N3CCCc4ccccc43)cc2/C1=C\c1cc2cc(OCCN3CCCC3)ccc2[nH]1. The van der Waals surface area contributed by atoms with Gasteiger partial charge in [0.05, 0.1) is 16.2 Å². The molecule has 210 valence electrons. The van der Waals surface area contributed by atoms with Crippen molar-refractivity contribution in [2.24, 2.45) is 0 Å². The Balaban J connectivity index is 1.16. The van der Waals surface area contributed by atoms with Gasteiger partial charge in [-0.3, -0.25) is 14.0 Å². The van der Waals surface area contributed by atoms with Crippen molar-refractivity contribution in [3.05, 3.63) is 83.6 Å². The average molecular weight is 569 g/mol. The number of anilines is 2. The lowest BCUT2D eigenvalue weighted by atomic mass is 10.0. The van der Waals surface area contributed by atoms with Gasteiger partial charge in [0.2, 0.25) is 0 Å². The smallest absolute Gasteiger partial charge is 0.264 e. The number of fused-ring (bicyclic) bond motifs is 3. The van der Waals surface area contributed by atoms with E-state index in [4.69, 9.17) is 4.74 Å². The van der Waals surface area contributed by atoms with Gasteiger partial charge >= 0.3 is 0 Å². The summed E-state index contributed by atoms with van der Waals surface area (Å²) in [6.45, 7) is 4.30. The first-order valence-corrected chi connectivity index (χ1v) is 15.7. The van der Waals surface area contributed by atoms with E-state index in [2.05, 4.69) is 15.2 Å². The molecule has 0 radical (unpaired) electrons. The lowest BCUT2D eigenvalue weighted by molar-refractivity contribution is -0.110. The highest BCUT2D eigenvalue weighted by Crippen LogP contribution is 2.38. The largest absolute Gasteiger partial charge is 0.492 e. The second-order valence-electron chi connectivity index (χ2n) is 10.9. The number of hydrogen-bond acceptors (Lipinski definition) is 5. The number of sulfonamides is 1. The number of H-pyrrole nitrogens is 1. The summed E-state index contributed by atoms with van der Waals surface area (Å²) in [6.07, 6.45) is 5.93. The molecule has 4 aromatic rings. The minimum absolute atomic E-state index is 0.169. The third-order valence-electron chi connectivity index (χ3n) is 8.22. The summed E-state index contributed by atoms with van der Waals surface area (Å²) in [5, 5.41) is 3.86. The Bertz CT molecular complexity index is 1790. The molecule has 1 saturated heterocycles. The molecule has 1 fully saturated rings. The maximum Gasteiger partial charge on any atom is 0.264 e. The highest BCUT2D eigenvalue weighted by Gasteiger charge is 2.32. The first kappa shape index (κ1) is 25.9. The molecule has 0 aliphatic carbocycles. The fourth-order valence-corrected chi connectivity index (χ4v) is 7.67. The number of nitrogens with zero attached hydrogens (tertiary/aromatic N) is 2. The van der Waals surface area contributed by atoms with Crippen LogP contribution in [0.5, 0.6) is 5.75 Å². The molecular formula is C32H32N4O4S. The number of amides is 1. The Morgan fingerprint density at radius 2 is 1.78 bits per heavy atom. The molecule has 7 rings (SSSR count). The molecule has 41 heavy (non-hydrogen) atoms. The van der Waals surface area contributed by atoms with Crippen molar-refractivity contribution < 1.29 is 17.9 Å². The van der Waals surface area contributed by atoms with E-state index < -0.39 is 10.0 Å². The summed E-state index contributed by atoms with van der Waals surface area (Å²) in [5.74, 6) is 0.551. The van der Waals surface area contributed by atoms with Gasteiger partial charge in [0.1, 0.15) is 12.4 Å². The number of aromatic nitrogens is 1. The maximum atomic E-state index is 13.8. The molecule has 3 aromatic carbocycles. The Morgan fingerprint density at radius 3 is 2.66 bits per heavy atom. The standard InChI is InChI=1S/C32H32N4O4S/c37-32-28(20-24-18-23-19-25(9-11-29(23)33-24)40-17-16-35-13-3-4-14-35)27-21-26(10-12-30(27)34-32)41(38,39)36-15-5-7-22-6-1-2-8-31(22)36/h1-2,6,8-12,18-21,33H,3-5,7,13-17H2,(H,34,37)/b28-20+. The minimum atomic E-state index is -3.81. The van der Waals surface area contributed by atoms with Gasteiger partial charge in [0, 0.05) is 40.9 Å². The number of aryl methyl sites for hydroxylation is 1. The molecule has 1 aromatic heterocycles. The van der Waals surface area contributed by atoms with Gasteiger partial charge in [-0.05, 0) is 98.9 Å². The van der Waals surface area contributed by atoms with E-state index in [1.165, 1.54) is 17.1 Å². The summed E-state index contributed by atoms with van der Waals surface area (Å²) in [7, 11) is -3.81. The molecule has 3 aliphatic heterocycles. The number of ether oxygens (including phenoxy) is 1. The normalized spacial score (nSPS) is 18.1. The molecule has 9 heteroatoms. The zero-order valence-corrected chi connectivity index (χ0v) is 23.5. The maximum absolute atomic E-state index is 13.8. The summed E-state index contributed by atoms with van der Waals surface area (Å²) < 4.78 is 35.0. The van der Waals surface area contributed by atoms with Crippen molar-refractivity contribution in [2.75, 3.05) is 42.4 Å². The molecule has 3 aliphatic rings. The van der Waals surface area contributed by atoms with Crippen molar-refractivity contribution in [2.45, 2.75) is 30.6 Å². The molecule has 2 N–H and O–H groups in total. The zero-order chi connectivity index (χ0) is 28.0. The van der Waals surface area contributed by atoms with Gasteiger partial charge < -0.3 is 15.0 Å². The van der Waals surface area contributed by atoms with Crippen LogP contribution in [0.2, 0.25) is 0 Å². The molecule has 0 spiro atoms. The highest BCUT2D eigenvalue weighted by molar-refractivity contribution is 7.92. The predicted molar refractivity (Wildman–Crippen MR) is 162 cm³/mol. The van der Waals surface area contributed by atoms with E-state index in [0.717, 1.165) is 66.1 Å². The quantitative estimate of drug-likeness (QED) is 0.296. The van der Waals surface area contributed by atoms with E-state index >= 15 is 0 Å². The minimum Gasteiger partial charge on any atom is -0.492 e. The van der Waals surface area contributed by atoms with Crippen molar-refractivity contribution in [3.8, 4) is 5.75 Å². The lowest BCUT2D eigenvalue weighted by Gasteiger charge is -2.30. The number of carbonyl (C=O) groups is 1. The van der Waals surface area contributed by atoms with Gasteiger partial charge in [0.15, 0.2) is 0 Å². The van der Waals surface area contributed by atoms with Crippen LogP contribution in [-0.4, -0.2) is 57.0 Å². The van der Waals surface area contributed by atoms with Crippen molar-refractivity contribution >= 4 is 49.9 Å². The summed E-state index contributed by atoms with van der Waals surface area (Å²) in [6, 6.07) is 20.4. The summed E-state index contributed by atoms with van der Waals surface area (Å²) in [5.41, 5.74) is 5.04. The van der Waals surface area contributed by atoms with Gasteiger partial charge in [-0.15, -0.1) is 0 Å². The highest BCUT2D eigenvalue weighted by atomic mass is 32.2. The fraction of sp³-hybridized carbons (Fsp3) is 0.281. The monoisotopic (exact) mass is 568 g/mol. The summed E-state index contributed by atoms with van der Waals surface area (Å²) >= 11 is 0. The molecule has 0 bridgehead atoms. The Kier molecular flexibility index (Phi) is 6.55. The van der Waals surface area contributed by atoms with Crippen molar-refractivity contribution in [3.63, 3.8) is 0 Å². The molecule has 4 heterocycles. The van der Waals surface area contributed by atoms with Crippen LogP contribution in [0.4, 0.5) is 11.4 Å². The molecular weight excluding hydrogens is 536 g/mol. The lowest BCUT2D eigenvalue weighted by Crippen LogP contribution is -2.35. The van der Waals surface area contributed by atoms with Crippen LogP contribution in [-0.2, 0) is 21.2 Å². The first-order chi connectivity index (χ1) is 20.0. The molecule has 8 nitrogen and oxygen atoms in total. The van der Waals surface area contributed by atoms with Crippen LogP contribution < -0.4 is 14.4 Å². The Labute approximate surface area is 239 Å². The van der Waals surface area contributed by atoms with Crippen LogP contribution in [0.1, 0.15) is 36.1 Å². The molecule has 1 amide bonds. The van der Waals surface area contributed by atoms with Gasteiger partial charge in [-0.25, -0.2) is 8.42 Å². The van der Waals surface area contributed by atoms with E-state index in [-0.39, 0.29) is 10.8 Å². The number of hydrogen-bond donors (Lipinski definition) is 2. The van der Waals surface area contributed by atoms with Gasteiger partial charge in [-0.1, -0.05) is 18.2 Å². The van der Waals surface area contributed by atoms with Gasteiger partial charge in [0.25, 0.3) is 15.9 Å². The van der Waals surface area contributed by atoms with Crippen LogP contribution in [0.15, 0.2) is 71.6 Å². The molecule has 0 saturated carbocycles. The molecule has 0 unspecified atom stereocenters. The predicted octanol–water partition coefficient (Wildman–Crippen LogP) is 5.28. The van der Waals surface area contributed by atoms with Crippen molar-refractivity contribution in [1.82, 2.24) is 9.88 Å². The van der Waals surface area contributed by atoms with E-state index in [1.54, 1.807) is 24.3 Å². The van der Waals surface area contributed by atoms with Crippen LogP contribution in [0, 0.1) is 0 Å². The molecule has 0 atom stereocenters. The number of benzene rings is 3. The average Bonchev–Trinajstić information content (AvgIpc) is 3.71. The van der Waals surface area contributed by atoms with E-state index in [0.29, 0.717) is 30.0 Å². The second kappa shape index (κ2) is 10.4. The third kappa shape index (κ3) is 4.89. The van der Waals surface area contributed by atoms with E-state index in [1.807, 2.05) is 48.5 Å². The third-order valence-corrected chi connectivity index (χ3v) is 10.0. The van der Waals surface area contributed by atoms with Gasteiger partial charge in [-0.2, -0.15) is 0 Å². The Morgan fingerprint density at radius 1 is 0.927 bits per heavy atom. The number of rotatable bonds is 7. The van der Waals surface area contributed by atoms with Crippen LogP contribution in [0.25, 0.3) is 22.6 Å². The number of para-hydroxylation sites is 1. The topological polar surface area (TPSA) is 94.7 Å². The van der Waals surface area contributed by atoms with Crippen LogP contribution in [0.3, 0.4) is 0 Å².